The zero-order chi connectivity index (χ0) is 10.7. The molecule has 15 heavy (non-hydrogen) atoms. The number of nitrogens with one attached hydrogen (secondary N) is 1. The summed E-state index contributed by atoms with van der Waals surface area (Å²) in [7, 11) is 0. The summed E-state index contributed by atoms with van der Waals surface area (Å²) < 4.78 is 4.07. The van der Waals surface area contributed by atoms with Crippen molar-refractivity contribution < 1.29 is 4.79 Å². The molecule has 0 aliphatic carbocycles. The lowest BCUT2D eigenvalue weighted by Gasteiger charge is -2.14. The van der Waals surface area contributed by atoms with Crippen molar-refractivity contribution in [1.82, 2.24) is 14.3 Å². The van der Waals surface area contributed by atoms with Gasteiger partial charge < -0.3 is 4.90 Å². The van der Waals surface area contributed by atoms with Crippen molar-refractivity contribution >= 4 is 34.5 Å². The van der Waals surface area contributed by atoms with Crippen molar-refractivity contribution in [2.24, 2.45) is 0 Å². The molecular formula is C8H12N4OS2. The standard InChI is InChI=1S/C8H12N4OS2/c1-14-7-9-6(15-11-7)10-8(13)12-4-2-3-5-12/h2-5H2,1H3,(H,9,10,11,13). The summed E-state index contributed by atoms with van der Waals surface area (Å²) in [5.41, 5.74) is 0. The third kappa shape index (κ3) is 2.60. The summed E-state index contributed by atoms with van der Waals surface area (Å²) >= 11 is 2.69. The quantitative estimate of drug-likeness (QED) is 0.807. The predicted octanol–water partition coefficient (Wildman–Crippen LogP) is 1.89. The highest BCUT2D eigenvalue weighted by Gasteiger charge is 2.18. The largest absolute Gasteiger partial charge is 0.324 e. The van der Waals surface area contributed by atoms with Gasteiger partial charge in [-0.3, -0.25) is 5.32 Å². The number of nitrogens with zero attached hydrogens (tertiary/aromatic N) is 3. The minimum Gasteiger partial charge on any atom is -0.324 e. The Morgan fingerprint density at radius 1 is 1.53 bits per heavy atom. The van der Waals surface area contributed by atoms with E-state index in [1.165, 1.54) is 23.3 Å². The lowest BCUT2D eigenvalue weighted by atomic mass is 10.4. The fourth-order valence-corrected chi connectivity index (χ4v) is 2.55. The molecule has 0 bridgehead atoms. The second-order valence-corrected chi connectivity index (χ2v) is 4.74. The zero-order valence-electron chi connectivity index (χ0n) is 8.39. The van der Waals surface area contributed by atoms with Gasteiger partial charge in [0.15, 0.2) is 0 Å². The molecule has 7 heteroatoms. The summed E-state index contributed by atoms with van der Waals surface area (Å²) in [4.78, 5) is 17.6. The summed E-state index contributed by atoms with van der Waals surface area (Å²) in [5.74, 6) is 0. The molecule has 0 spiro atoms. The Labute approximate surface area is 96.4 Å². The summed E-state index contributed by atoms with van der Waals surface area (Å²) in [5, 5.41) is 4.04. The zero-order valence-corrected chi connectivity index (χ0v) is 10.0. The van der Waals surface area contributed by atoms with Gasteiger partial charge in [0.2, 0.25) is 10.3 Å². The van der Waals surface area contributed by atoms with Gasteiger partial charge in [-0.15, -0.1) is 0 Å². The van der Waals surface area contributed by atoms with Crippen LogP contribution >= 0.6 is 23.3 Å². The van der Waals surface area contributed by atoms with Gasteiger partial charge in [-0.2, -0.15) is 9.36 Å². The topological polar surface area (TPSA) is 58.1 Å². The van der Waals surface area contributed by atoms with Crippen molar-refractivity contribution in [3.8, 4) is 0 Å². The predicted molar refractivity (Wildman–Crippen MR) is 61.5 cm³/mol. The molecule has 1 saturated heterocycles. The van der Waals surface area contributed by atoms with Gasteiger partial charge in [0.05, 0.1) is 0 Å². The molecule has 2 amide bonds. The molecule has 1 aromatic rings. The molecule has 0 atom stereocenters. The van der Waals surface area contributed by atoms with E-state index in [2.05, 4.69) is 14.7 Å². The Bertz CT molecular complexity index is 348. The molecule has 2 heterocycles. The molecule has 0 unspecified atom stereocenters. The third-order valence-electron chi connectivity index (χ3n) is 2.20. The Hall–Kier alpha value is -0.820. The van der Waals surface area contributed by atoms with Crippen LogP contribution in [0, 0.1) is 0 Å². The normalized spacial score (nSPS) is 15.7. The maximum atomic E-state index is 11.7. The van der Waals surface area contributed by atoms with Crippen LogP contribution in [0.4, 0.5) is 9.93 Å². The second-order valence-electron chi connectivity index (χ2n) is 3.21. The van der Waals surface area contributed by atoms with Crippen molar-refractivity contribution in [3.05, 3.63) is 0 Å². The Kier molecular flexibility index (Phi) is 3.42. The molecule has 5 nitrogen and oxygen atoms in total. The number of thioether (sulfide) groups is 1. The first-order valence-corrected chi connectivity index (χ1v) is 6.73. The SMILES string of the molecule is CSc1nsc(NC(=O)N2CCCC2)n1. The first-order chi connectivity index (χ1) is 7.29. The van der Waals surface area contributed by atoms with E-state index in [9.17, 15) is 4.79 Å². The van der Waals surface area contributed by atoms with Gasteiger partial charge in [-0.1, -0.05) is 11.8 Å². The number of hydrogen-bond donors (Lipinski definition) is 1. The number of likely N-dealkylation sites (tertiary alicyclic amines) is 1. The minimum absolute atomic E-state index is 0.0590. The molecule has 1 N–H and O–H groups in total. The number of carbonyl (C=O) groups is 1. The van der Waals surface area contributed by atoms with E-state index in [1.54, 1.807) is 4.90 Å². The lowest BCUT2D eigenvalue weighted by Crippen LogP contribution is -2.32. The number of carbonyl (C=O) groups excluding carboxylic acids is 1. The number of hydrogen-bond acceptors (Lipinski definition) is 5. The van der Waals surface area contributed by atoms with Gasteiger partial charge in [-0.25, -0.2) is 4.79 Å². The molecule has 82 valence electrons. The summed E-state index contributed by atoms with van der Waals surface area (Å²) in [6.07, 6.45) is 4.10. The van der Waals surface area contributed by atoms with E-state index >= 15 is 0 Å². The van der Waals surface area contributed by atoms with E-state index in [4.69, 9.17) is 0 Å². The number of aromatic nitrogens is 2. The molecule has 0 saturated carbocycles. The Balaban J connectivity index is 1.92. The molecule has 1 aliphatic heterocycles. The van der Waals surface area contributed by atoms with Crippen LogP contribution in [0.5, 0.6) is 0 Å². The van der Waals surface area contributed by atoms with E-state index < -0.39 is 0 Å². The maximum Gasteiger partial charge on any atom is 0.323 e. The molecule has 0 aromatic carbocycles. The van der Waals surface area contributed by atoms with Crippen molar-refractivity contribution in [2.75, 3.05) is 24.7 Å². The highest BCUT2D eigenvalue weighted by molar-refractivity contribution is 7.98. The Morgan fingerprint density at radius 2 is 2.27 bits per heavy atom. The van der Waals surface area contributed by atoms with Crippen molar-refractivity contribution in [3.63, 3.8) is 0 Å². The average molecular weight is 244 g/mol. The van der Waals surface area contributed by atoms with E-state index in [0.29, 0.717) is 10.3 Å². The Morgan fingerprint density at radius 3 is 2.87 bits per heavy atom. The van der Waals surface area contributed by atoms with Crippen LogP contribution in [0.3, 0.4) is 0 Å². The van der Waals surface area contributed by atoms with Crippen LogP contribution in [0.2, 0.25) is 0 Å². The first-order valence-electron chi connectivity index (χ1n) is 4.73. The molecule has 1 fully saturated rings. The molecule has 0 radical (unpaired) electrons. The van der Waals surface area contributed by atoms with Crippen LogP contribution in [-0.2, 0) is 0 Å². The number of anilines is 1. The number of urea groups is 1. The van der Waals surface area contributed by atoms with E-state index in [-0.39, 0.29) is 6.03 Å². The van der Waals surface area contributed by atoms with Gasteiger partial charge in [0, 0.05) is 24.6 Å². The van der Waals surface area contributed by atoms with Gasteiger partial charge in [0.25, 0.3) is 0 Å². The minimum atomic E-state index is -0.0590. The molecule has 1 aliphatic rings. The average Bonchev–Trinajstić information content (AvgIpc) is 2.87. The first kappa shape index (κ1) is 10.7. The van der Waals surface area contributed by atoms with E-state index in [0.717, 1.165) is 25.9 Å². The second kappa shape index (κ2) is 4.80. The van der Waals surface area contributed by atoms with Crippen molar-refractivity contribution in [2.45, 2.75) is 18.0 Å². The van der Waals surface area contributed by atoms with Crippen LogP contribution in [0.15, 0.2) is 5.16 Å². The van der Waals surface area contributed by atoms with Crippen molar-refractivity contribution in [1.29, 1.82) is 0 Å². The number of rotatable bonds is 2. The van der Waals surface area contributed by atoms with Gasteiger partial charge in [0.1, 0.15) is 0 Å². The van der Waals surface area contributed by atoms with E-state index in [1.807, 2.05) is 6.26 Å². The smallest absolute Gasteiger partial charge is 0.323 e. The molecule has 2 rings (SSSR count). The van der Waals surface area contributed by atoms with Crippen LogP contribution in [0.25, 0.3) is 0 Å². The van der Waals surface area contributed by atoms with Crippen LogP contribution in [-0.4, -0.2) is 39.6 Å². The van der Waals surface area contributed by atoms with Crippen LogP contribution in [0.1, 0.15) is 12.8 Å². The summed E-state index contributed by atoms with van der Waals surface area (Å²) in [6.45, 7) is 1.69. The molecule has 1 aromatic heterocycles. The highest BCUT2D eigenvalue weighted by atomic mass is 32.2. The fourth-order valence-electron chi connectivity index (χ4n) is 1.43. The number of amides is 2. The maximum absolute atomic E-state index is 11.7. The lowest BCUT2D eigenvalue weighted by molar-refractivity contribution is 0.222. The van der Waals surface area contributed by atoms with Gasteiger partial charge in [-0.05, 0) is 19.1 Å². The molecular weight excluding hydrogens is 232 g/mol. The monoisotopic (exact) mass is 244 g/mol. The third-order valence-corrected chi connectivity index (χ3v) is 3.49. The van der Waals surface area contributed by atoms with Gasteiger partial charge >= 0.3 is 6.03 Å². The highest BCUT2D eigenvalue weighted by Crippen LogP contribution is 2.18. The van der Waals surface area contributed by atoms with Crippen LogP contribution < -0.4 is 5.32 Å². The fraction of sp³-hybridized carbons (Fsp3) is 0.625. The summed E-state index contributed by atoms with van der Waals surface area (Å²) in [6, 6.07) is -0.0590.